The van der Waals surface area contributed by atoms with E-state index in [1.807, 2.05) is 50.2 Å². The van der Waals surface area contributed by atoms with Crippen LogP contribution in [0.15, 0.2) is 36.4 Å². The molecule has 0 spiro atoms. The number of rotatable bonds is 9. The second kappa shape index (κ2) is 11.7. The van der Waals surface area contributed by atoms with Crippen molar-refractivity contribution in [2.24, 2.45) is 0 Å². The standard InChI is InChI=1S/C25H33N3O5/c1-17-11-18(2)13-20(12-17)25(30)27-16-24(29)26-15-21(28-7-9-33-10-8-28)19-5-6-22(31-3)23(14-19)32-4/h5-6,11-14,21H,7-10,15-16H2,1-4H3,(H,26,29)(H,27,30). The van der Waals surface area contributed by atoms with Gasteiger partial charge in [-0.25, -0.2) is 0 Å². The summed E-state index contributed by atoms with van der Waals surface area (Å²) in [5.41, 5.74) is 3.58. The number of nitrogens with one attached hydrogen (secondary N) is 2. The summed E-state index contributed by atoms with van der Waals surface area (Å²) in [4.78, 5) is 27.3. The third-order valence-electron chi connectivity index (χ3n) is 5.66. The van der Waals surface area contributed by atoms with E-state index in [0.717, 1.165) is 29.8 Å². The van der Waals surface area contributed by atoms with Crippen molar-refractivity contribution in [3.05, 3.63) is 58.7 Å². The van der Waals surface area contributed by atoms with Gasteiger partial charge in [-0.2, -0.15) is 0 Å². The van der Waals surface area contributed by atoms with Crippen LogP contribution in [-0.2, 0) is 9.53 Å². The van der Waals surface area contributed by atoms with Gasteiger partial charge < -0.3 is 24.8 Å². The van der Waals surface area contributed by atoms with E-state index >= 15 is 0 Å². The molecule has 2 aromatic rings. The first-order chi connectivity index (χ1) is 15.9. The normalized spacial score (nSPS) is 14.9. The molecule has 1 fully saturated rings. The van der Waals surface area contributed by atoms with E-state index in [4.69, 9.17) is 14.2 Å². The van der Waals surface area contributed by atoms with Gasteiger partial charge in [0.15, 0.2) is 11.5 Å². The third-order valence-corrected chi connectivity index (χ3v) is 5.66. The number of carbonyl (C=O) groups excluding carboxylic acids is 2. The van der Waals surface area contributed by atoms with Crippen LogP contribution in [0.3, 0.4) is 0 Å². The van der Waals surface area contributed by atoms with Crippen LogP contribution in [0.5, 0.6) is 11.5 Å². The van der Waals surface area contributed by atoms with E-state index in [0.29, 0.717) is 36.8 Å². The first-order valence-electron chi connectivity index (χ1n) is 11.1. The molecule has 1 unspecified atom stereocenters. The minimum absolute atomic E-state index is 0.0622. The molecule has 8 heteroatoms. The smallest absolute Gasteiger partial charge is 0.251 e. The van der Waals surface area contributed by atoms with Crippen LogP contribution in [0.4, 0.5) is 0 Å². The number of hydrogen-bond acceptors (Lipinski definition) is 6. The highest BCUT2D eigenvalue weighted by Gasteiger charge is 2.24. The van der Waals surface area contributed by atoms with Gasteiger partial charge in [0, 0.05) is 25.2 Å². The zero-order valence-corrected chi connectivity index (χ0v) is 19.8. The molecule has 0 bridgehead atoms. The first kappa shape index (κ1) is 24.5. The Morgan fingerprint density at radius 1 is 0.970 bits per heavy atom. The highest BCUT2D eigenvalue weighted by atomic mass is 16.5. The number of ether oxygens (including phenoxy) is 3. The maximum absolute atomic E-state index is 12.5. The fraction of sp³-hybridized carbons (Fsp3) is 0.440. The van der Waals surface area contributed by atoms with Crippen molar-refractivity contribution in [1.29, 1.82) is 0 Å². The molecule has 8 nitrogen and oxygen atoms in total. The second-order valence-electron chi connectivity index (χ2n) is 8.14. The third kappa shape index (κ3) is 6.69. The number of nitrogens with zero attached hydrogens (tertiary/aromatic N) is 1. The number of benzene rings is 2. The highest BCUT2D eigenvalue weighted by molar-refractivity contribution is 5.96. The van der Waals surface area contributed by atoms with Gasteiger partial charge in [-0.15, -0.1) is 0 Å². The molecule has 1 saturated heterocycles. The van der Waals surface area contributed by atoms with Gasteiger partial charge in [0.2, 0.25) is 5.91 Å². The maximum atomic E-state index is 12.5. The average Bonchev–Trinajstić information content (AvgIpc) is 2.82. The van der Waals surface area contributed by atoms with E-state index in [9.17, 15) is 9.59 Å². The predicted molar refractivity (Wildman–Crippen MR) is 126 cm³/mol. The molecule has 1 aliphatic heterocycles. The van der Waals surface area contributed by atoms with Gasteiger partial charge in [-0.3, -0.25) is 14.5 Å². The minimum Gasteiger partial charge on any atom is -0.493 e. The summed E-state index contributed by atoms with van der Waals surface area (Å²) in [6, 6.07) is 11.4. The minimum atomic E-state index is -0.262. The summed E-state index contributed by atoms with van der Waals surface area (Å²) in [5.74, 6) is 0.786. The van der Waals surface area contributed by atoms with Crippen molar-refractivity contribution in [3.8, 4) is 11.5 Å². The lowest BCUT2D eigenvalue weighted by molar-refractivity contribution is -0.120. The van der Waals surface area contributed by atoms with Gasteiger partial charge >= 0.3 is 0 Å². The van der Waals surface area contributed by atoms with Gasteiger partial charge in [0.1, 0.15) is 0 Å². The molecule has 0 saturated carbocycles. The Bertz CT molecular complexity index is 952. The van der Waals surface area contributed by atoms with Crippen LogP contribution >= 0.6 is 0 Å². The topological polar surface area (TPSA) is 89.1 Å². The second-order valence-corrected chi connectivity index (χ2v) is 8.14. The van der Waals surface area contributed by atoms with Crippen LogP contribution in [-0.4, -0.2) is 70.3 Å². The fourth-order valence-corrected chi connectivity index (χ4v) is 4.05. The molecular weight excluding hydrogens is 422 g/mol. The van der Waals surface area contributed by atoms with E-state index in [-0.39, 0.29) is 24.4 Å². The zero-order chi connectivity index (χ0) is 23.8. The Kier molecular flexibility index (Phi) is 8.68. The van der Waals surface area contributed by atoms with Crippen LogP contribution in [0.2, 0.25) is 0 Å². The molecule has 1 atom stereocenters. The van der Waals surface area contributed by atoms with Crippen molar-refractivity contribution < 1.29 is 23.8 Å². The Balaban J connectivity index is 1.64. The molecule has 1 heterocycles. The molecule has 33 heavy (non-hydrogen) atoms. The van der Waals surface area contributed by atoms with Gasteiger partial charge in [-0.05, 0) is 43.7 Å². The number of amides is 2. The lowest BCUT2D eigenvalue weighted by atomic mass is 10.0. The Morgan fingerprint density at radius 3 is 2.27 bits per heavy atom. The SMILES string of the molecule is COc1ccc(C(CNC(=O)CNC(=O)c2cc(C)cc(C)c2)N2CCOCC2)cc1OC. The maximum Gasteiger partial charge on any atom is 0.251 e. The summed E-state index contributed by atoms with van der Waals surface area (Å²) in [6.45, 7) is 7.00. The van der Waals surface area contributed by atoms with E-state index < -0.39 is 0 Å². The average molecular weight is 456 g/mol. The summed E-state index contributed by atoms with van der Waals surface area (Å²) >= 11 is 0. The van der Waals surface area contributed by atoms with E-state index in [1.54, 1.807) is 14.2 Å². The first-order valence-corrected chi connectivity index (χ1v) is 11.1. The summed E-state index contributed by atoms with van der Waals surface area (Å²) < 4.78 is 16.3. The molecular formula is C25H33N3O5. The molecule has 2 amide bonds. The molecule has 1 aliphatic rings. The summed E-state index contributed by atoms with van der Waals surface area (Å²) in [5, 5.41) is 5.67. The van der Waals surface area contributed by atoms with Crippen LogP contribution in [0.25, 0.3) is 0 Å². The van der Waals surface area contributed by atoms with Crippen LogP contribution in [0.1, 0.15) is 33.1 Å². The number of morpholine rings is 1. The van der Waals surface area contributed by atoms with Crippen LogP contribution in [0, 0.1) is 13.8 Å². The number of hydrogen-bond donors (Lipinski definition) is 2. The summed E-state index contributed by atoms with van der Waals surface area (Å²) in [7, 11) is 3.20. The Hall–Kier alpha value is -3.10. The molecule has 2 aromatic carbocycles. The van der Waals surface area contributed by atoms with Crippen molar-refractivity contribution in [1.82, 2.24) is 15.5 Å². The van der Waals surface area contributed by atoms with Crippen LogP contribution < -0.4 is 20.1 Å². The van der Waals surface area contributed by atoms with Crippen molar-refractivity contribution >= 4 is 11.8 Å². The summed E-state index contributed by atoms with van der Waals surface area (Å²) in [6.07, 6.45) is 0. The predicted octanol–water partition coefficient (Wildman–Crippen LogP) is 2.24. The fourth-order valence-electron chi connectivity index (χ4n) is 4.05. The van der Waals surface area contributed by atoms with Crippen molar-refractivity contribution in [3.63, 3.8) is 0 Å². The number of carbonyl (C=O) groups is 2. The van der Waals surface area contributed by atoms with Gasteiger partial charge in [-0.1, -0.05) is 23.3 Å². The Morgan fingerprint density at radius 2 is 1.64 bits per heavy atom. The van der Waals surface area contributed by atoms with Gasteiger partial charge in [0.05, 0.1) is 40.0 Å². The monoisotopic (exact) mass is 455 g/mol. The molecule has 178 valence electrons. The lowest BCUT2D eigenvalue weighted by Gasteiger charge is -2.35. The molecule has 0 aromatic heterocycles. The quantitative estimate of drug-likeness (QED) is 0.603. The van der Waals surface area contributed by atoms with E-state index in [1.165, 1.54) is 0 Å². The number of methoxy groups -OCH3 is 2. The number of aryl methyl sites for hydroxylation is 2. The van der Waals surface area contributed by atoms with Crippen molar-refractivity contribution in [2.45, 2.75) is 19.9 Å². The largest absolute Gasteiger partial charge is 0.493 e. The van der Waals surface area contributed by atoms with E-state index in [2.05, 4.69) is 15.5 Å². The zero-order valence-electron chi connectivity index (χ0n) is 19.8. The molecule has 3 rings (SSSR count). The highest BCUT2D eigenvalue weighted by Crippen LogP contribution is 2.32. The van der Waals surface area contributed by atoms with Crippen molar-refractivity contribution in [2.75, 3.05) is 53.6 Å². The molecule has 0 radical (unpaired) electrons. The lowest BCUT2D eigenvalue weighted by Crippen LogP contribution is -2.45. The van der Waals surface area contributed by atoms with Gasteiger partial charge in [0.25, 0.3) is 5.91 Å². The molecule has 2 N–H and O–H groups in total. The Labute approximate surface area is 195 Å². The molecule has 0 aliphatic carbocycles.